The first-order valence-corrected chi connectivity index (χ1v) is 23.2. The monoisotopic (exact) mass is 854 g/mol. The molecule has 8 rings (SSSR count). The number of imidazole rings is 2. The van der Waals surface area contributed by atoms with Crippen molar-refractivity contribution in [2.75, 3.05) is 44.9 Å². The Morgan fingerprint density at radius 3 is 1.53 bits per heavy atom. The summed E-state index contributed by atoms with van der Waals surface area (Å²) in [5, 5.41) is 5.46. The van der Waals surface area contributed by atoms with Gasteiger partial charge in [-0.05, 0) is 58.7 Å². The highest BCUT2D eigenvalue weighted by Gasteiger charge is 2.43. The van der Waals surface area contributed by atoms with Gasteiger partial charge in [-0.15, -0.1) is 0 Å². The Kier molecular flexibility index (Phi) is 12.2. The zero-order valence-corrected chi connectivity index (χ0v) is 35.9. The van der Waals surface area contributed by atoms with Crippen LogP contribution in [0, 0.1) is 0 Å². The van der Waals surface area contributed by atoms with Crippen LogP contribution in [0.15, 0.2) is 122 Å². The number of nitrogens with one attached hydrogen (secondary N) is 4. The Balaban J connectivity index is 0.945. The predicted molar refractivity (Wildman–Crippen MR) is 239 cm³/mol. The molecular formula is C47H50N8O6S. The summed E-state index contributed by atoms with van der Waals surface area (Å²) in [4.78, 5) is 72.8. The molecule has 0 radical (unpaired) electrons. The molecule has 14 nitrogen and oxygen atoms in total. The van der Waals surface area contributed by atoms with Gasteiger partial charge in [0.15, 0.2) is 0 Å². The van der Waals surface area contributed by atoms with Crippen LogP contribution in [-0.4, -0.2) is 98.6 Å². The van der Waals surface area contributed by atoms with Crippen molar-refractivity contribution in [1.29, 1.82) is 0 Å². The van der Waals surface area contributed by atoms with Crippen LogP contribution in [0.25, 0.3) is 33.6 Å². The number of H-pyrrole nitrogens is 2. The standard InChI is InChI=1S/C47H50N8O6S/c1-60-46(58)52-40(34-12-7-5-8-13-34)44(56)54-25-11-16-38(54)42-48-26-36(50-42)32-21-17-30(18-22-32)31-19-23-33(24-20-31)37-27-49-43(51-37)39-28-62(3,4)29-55(39)45(57)41(53-47(59)61-2)35-14-9-6-10-15-35/h5-10,12-15,17-24,26-27,38-41H,11,16,25,28-29H2,1-4H3,(H,48,50)(H,49,51)(H,52,58)(H,53,59)/t38-,39-,40+,41+/m1/s1. The molecule has 0 bridgehead atoms. The third-order valence-electron chi connectivity index (χ3n) is 11.5. The van der Waals surface area contributed by atoms with E-state index < -0.39 is 34.3 Å². The lowest BCUT2D eigenvalue weighted by molar-refractivity contribution is -0.135. The Hall–Kier alpha value is -6.87. The van der Waals surface area contributed by atoms with Gasteiger partial charge in [-0.25, -0.2) is 29.6 Å². The van der Waals surface area contributed by atoms with Crippen molar-refractivity contribution >= 4 is 34.0 Å². The van der Waals surface area contributed by atoms with Gasteiger partial charge in [0.2, 0.25) is 0 Å². The lowest BCUT2D eigenvalue weighted by atomic mass is 10.0. The van der Waals surface area contributed by atoms with Crippen molar-refractivity contribution in [3.05, 3.63) is 144 Å². The van der Waals surface area contributed by atoms with Gasteiger partial charge in [0.1, 0.15) is 23.7 Å². The third-order valence-corrected chi connectivity index (χ3v) is 13.7. The van der Waals surface area contributed by atoms with E-state index in [0.717, 1.165) is 52.2 Å². The Bertz CT molecular complexity index is 2530. The first kappa shape index (κ1) is 41.8. The molecule has 4 N–H and O–H groups in total. The van der Waals surface area contributed by atoms with Gasteiger partial charge in [0.25, 0.3) is 11.8 Å². The fourth-order valence-electron chi connectivity index (χ4n) is 8.34. The maximum absolute atomic E-state index is 14.2. The van der Waals surface area contributed by atoms with Crippen LogP contribution in [0.4, 0.5) is 9.59 Å². The van der Waals surface area contributed by atoms with Crippen LogP contribution < -0.4 is 10.6 Å². The number of hydrogen-bond acceptors (Lipinski definition) is 8. The fraction of sp³-hybridized carbons (Fsp3) is 0.277. The quantitative estimate of drug-likeness (QED) is 0.102. The number of aromatic amines is 2. The molecule has 4 heterocycles. The second-order valence-electron chi connectivity index (χ2n) is 16.1. The Morgan fingerprint density at radius 1 is 0.629 bits per heavy atom. The van der Waals surface area contributed by atoms with E-state index in [4.69, 9.17) is 19.4 Å². The summed E-state index contributed by atoms with van der Waals surface area (Å²) in [6, 6.07) is 32.5. The van der Waals surface area contributed by atoms with Crippen LogP contribution in [0.2, 0.25) is 0 Å². The first-order chi connectivity index (χ1) is 30.0. The molecule has 2 aromatic heterocycles. The maximum Gasteiger partial charge on any atom is 0.407 e. The van der Waals surface area contributed by atoms with Gasteiger partial charge in [0, 0.05) is 12.3 Å². The van der Waals surface area contributed by atoms with Gasteiger partial charge >= 0.3 is 12.2 Å². The summed E-state index contributed by atoms with van der Waals surface area (Å²) < 4.78 is 9.71. The van der Waals surface area contributed by atoms with Crippen molar-refractivity contribution in [3.8, 4) is 33.6 Å². The van der Waals surface area contributed by atoms with Gasteiger partial charge in [-0.1, -0.05) is 109 Å². The number of benzene rings is 4. The molecule has 0 unspecified atom stereocenters. The molecule has 2 fully saturated rings. The van der Waals surface area contributed by atoms with E-state index in [1.807, 2.05) is 83.9 Å². The average molecular weight is 855 g/mol. The van der Waals surface area contributed by atoms with Crippen molar-refractivity contribution < 1.29 is 28.7 Å². The van der Waals surface area contributed by atoms with Crippen molar-refractivity contribution in [2.24, 2.45) is 0 Å². The number of carbonyl (C=O) groups is 4. The second-order valence-corrected chi connectivity index (χ2v) is 20.2. The van der Waals surface area contributed by atoms with Crippen molar-refractivity contribution in [2.45, 2.75) is 37.0 Å². The minimum Gasteiger partial charge on any atom is -0.453 e. The third kappa shape index (κ3) is 8.93. The van der Waals surface area contributed by atoms with Crippen LogP contribution in [-0.2, 0) is 19.1 Å². The van der Waals surface area contributed by atoms with Gasteiger partial charge in [0.05, 0.1) is 56.0 Å². The summed E-state index contributed by atoms with van der Waals surface area (Å²) in [6.07, 6.45) is 8.25. The number of nitrogens with zero attached hydrogens (tertiary/aromatic N) is 4. The number of likely N-dealkylation sites (tertiary alicyclic amines) is 1. The molecule has 2 aliphatic rings. The minimum atomic E-state index is -1.16. The zero-order chi connectivity index (χ0) is 43.4. The van der Waals surface area contributed by atoms with E-state index in [0.29, 0.717) is 35.2 Å². The van der Waals surface area contributed by atoms with E-state index in [1.165, 1.54) is 14.2 Å². The number of carbonyl (C=O) groups excluding carboxylic acids is 4. The number of methoxy groups -OCH3 is 2. The summed E-state index contributed by atoms with van der Waals surface area (Å²) >= 11 is 0. The first-order valence-electron chi connectivity index (χ1n) is 20.4. The maximum atomic E-state index is 14.2. The molecule has 0 saturated carbocycles. The predicted octanol–water partition coefficient (Wildman–Crippen LogP) is 7.90. The van der Waals surface area contributed by atoms with Crippen molar-refractivity contribution in [3.63, 3.8) is 0 Å². The molecule has 4 aromatic carbocycles. The molecule has 15 heteroatoms. The van der Waals surface area contributed by atoms with E-state index >= 15 is 0 Å². The highest BCUT2D eigenvalue weighted by atomic mass is 32.3. The number of rotatable bonds is 11. The summed E-state index contributed by atoms with van der Waals surface area (Å²) in [5.41, 5.74) is 7.04. The van der Waals surface area contributed by atoms with E-state index in [1.54, 1.807) is 11.1 Å². The summed E-state index contributed by atoms with van der Waals surface area (Å²) in [7, 11) is 1.41. The lowest BCUT2D eigenvalue weighted by Gasteiger charge is -2.29. The number of amides is 4. The number of aromatic nitrogens is 4. The fourth-order valence-corrected chi connectivity index (χ4v) is 10.7. The van der Waals surface area contributed by atoms with E-state index in [-0.39, 0.29) is 23.9 Å². The lowest BCUT2D eigenvalue weighted by Crippen LogP contribution is -2.43. The van der Waals surface area contributed by atoms with Crippen LogP contribution in [0.1, 0.15) is 59.8 Å². The SMILES string of the molecule is COC(=O)N[C@H](C(=O)N1CCC[C@@H]1c1ncc(-c2ccc(-c3ccc(-c4cnc([C@H]5CS(C)(C)CN5C(=O)[C@@H](NC(=O)OC)c5ccccc5)[nH]4)cc3)cc2)[nH]1)c1ccccc1. The van der Waals surface area contributed by atoms with E-state index in [9.17, 15) is 19.2 Å². The molecular weight excluding hydrogens is 805 g/mol. The molecule has 4 atom stereocenters. The molecule has 2 aliphatic heterocycles. The molecule has 320 valence electrons. The number of ether oxygens (including phenoxy) is 2. The van der Waals surface area contributed by atoms with Gasteiger partial charge in [-0.3, -0.25) is 9.59 Å². The molecule has 62 heavy (non-hydrogen) atoms. The smallest absolute Gasteiger partial charge is 0.407 e. The van der Waals surface area contributed by atoms with Gasteiger partial charge < -0.3 is 39.9 Å². The largest absolute Gasteiger partial charge is 0.453 e. The zero-order valence-electron chi connectivity index (χ0n) is 35.0. The minimum absolute atomic E-state index is 0.207. The molecule has 0 spiro atoms. The van der Waals surface area contributed by atoms with Gasteiger partial charge in [-0.2, -0.15) is 0 Å². The number of hydrogen-bond donors (Lipinski definition) is 4. The molecule has 0 aliphatic carbocycles. The molecule has 6 aromatic rings. The Morgan fingerprint density at radius 2 is 1.06 bits per heavy atom. The summed E-state index contributed by atoms with van der Waals surface area (Å²) in [6.45, 7) is 0.549. The van der Waals surface area contributed by atoms with Crippen LogP contribution in [0.3, 0.4) is 0 Å². The van der Waals surface area contributed by atoms with Crippen molar-refractivity contribution in [1.82, 2.24) is 40.4 Å². The topological polar surface area (TPSA) is 175 Å². The normalized spacial score (nSPS) is 18.4. The Labute approximate surface area is 361 Å². The summed E-state index contributed by atoms with van der Waals surface area (Å²) in [5.74, 6) is 2.35. The second kappa shape index (κ2) is 18.0. The van der Waals surface area contributed by atoms with Crippen LogP contribution >= 0.6 is 10.0 Å². The average Bonchev–Trinajstić information content (AvgIpc) is 4.14. The molecule has 2 saturated heterocycles. The molecule has 4 amide bonds. The highest BCUT2D eigenvalue weighted by Crippen LogP contribution is 2.53. The van der Waals surface area contributed by atoms with Crippen LogP contribution in [0.5, 0.6) is 0 Å². The number of alkyl carbamates (subject to hydrolysis) is 2. The van der Waals surface area contributed by atoms with E-state index in [2.05, 4.69) is 69.5 Å². The highest BCUT2D eigenvalue weighted by molar-refractivity contribution is 8.32.